The summed E-state index contributed by atoms with van der Waals surface area (Å²) in [6.45, 7) is 5.83. The van der Waals surface area contributed by atoms with Gasteiger partial charge in [-0.05, 0) is 20.8 Å². The zero-order valence-electron chi connectivity index (χ0n) is 12.8. The number of anilines is 1. The van der Waals surface area contributed by atoms with Crippen molar-refractivity contribution in [2.75, 3.05) is 5.32 Å². The van der Waals surface area contributed by atoms with Crippen molar-refractivity contribution in [3.05, 3.63) is 29.3 Å². The minimum atomic E-state index is -4.45. The van der Waals surface area contributed by atoms with E-state index in [1.165, 1.54) is 17.9 Å². The number of nitrogens with one attached hydrogen (secondary N) is 1. The standard InChI is InChI=1S/C13H18F3N5.ClH/c1-8(2)21-7-11(9(3)18-21)17-5-10-6-20(4)19-12(10)13(14,15)16;/h6-8,17H,5H2,1-4H3;1H. The molecule has 0 unspecified atom stereocenters. The van der Waals surface area contributed by atoms with Crippen LogP contribution in [0.3, 0.4) is 0 Å². The normalized spacial score (nSPS) is 11.6. The molecule has 9 heteroatoms. The van der Waals surface area contributed by atoms with E-state index in [0.29, 0.717) is 0 Å². The SMILES string of the molecule is Cc1nn(C(C)C)cc1NCc1cn(C)nc1C(F)(F)F.Cl. The van der Waals surface area contributed by atoms with Crippen LogP contribution >= 0.6 is 12.4 Å². The summed E-state index contributed by atoms with van der Waals surface area (Å²) in [6.07, 6.45) is -1.28. The zero-order chi connectivity index (χ0) is 15.8. The van der Waals surface area contributed by atoms with Crippen LogP contribution in [-0.4, -0.2) is 19.6 Å². The quantitative estimate of drug-likeness (QED) is 0.928. The summed E-state index contributed by atoms with van der Waals surface area (Å²) in [4.78, 5) is 0. The molecule has 1 N–H and O–H groups in total. The fourth-order valence-corrected chi connectivity index (χ4v) is 2.02. The van der Waals surface area contributed by atoms with Crippen molar-refractivity contribution in [2.45, 2.75) is 39.5 Å². The summed E-state index contributed by atoms with van der Waals surface area (Å²) in [5.74, 6) is 0. The van der Waals surface area contributed by atoms with Crippen molar-refractivity contribution in [1.82, 2.24) is 19.6 Å². The highest BCUT2D eigenvalue weighted by Gasteiger charge is 2.36. The molecule has 0 atom stereocenters. The third kappa shape index (κ3) is 3.94. The molecule has 124 valence electrons. The lowest BCUT2D eigenvalue weighted by Crippen LogP contribution is -2.11. The number of aryl methyl sites for hydroxylation is 2. The van der Waals surface area contributed by atoms with Gasteiger partial charge in [-0.2, -0.15) is 23.4 Å². The van der Waals surface area contributed by atoms with Gasteiger partial charge in [-0.15, -0.1) is 12.4 Å². The molecular weight excluding hydrogens is 319 g/mol. The van der Waals surface area contributed by atoms with Crippen LogP contribution in [0.25, 0.3) is 0 Å². The molecule has 0 fully saturated rings. The molecule has 0 aliphatic carbocycles. The maximum absolute atomic E-state index is 12.9. The van der Waals surface area contributed by atoms with Gasteiger partial charge in [-0.25, -0.2) is 0 Å². The van der Waals surface area contributed by atoms with E-state index in [4.69, 9.17) is 0 Å². The predicted molar refractivity (Wildman–Crippen MR) is 80.1 cm³/mol. The first-order chi connectivity index (χ1) is 9.68. The molecule has 2 aromatic heterocycles. The van der Waals surface area contributed by atoms with Crippen LogP contribution in [0, 0.1) is 6.92 Å². The Bertz CT molecular complexity index is 630. The Morgan fingerprint density at radius 3 is 2.36 bits per heavy atom. The van der Waals surface area contributed by atoms with Gasteiger partial charge < -0.3 is 5.32 Å². The van der Waals surface area contributed by atoms with Gasteiger partial charge in [0.15, 0.2) is 5.69 Å². The first-order valence-corrected chi connectivity index (χ1v) is 6.58. The van der Waals surface area contributed by atoms with Crippen molar-refractivity contribution >= 4 is 18.1 Å². The molecule has 5 nitrogen and oxygen atoms in total. The Balaban J connectivity index is 0.00000242. The second-order valence-corrected chi connectivity index (χ2v) is 5.23. The van der Waals surface area contributed by atoms with Gasteiger partial charge in [-0.1, -0.05) is 0 Å². The van der Waals surface area contributed by atoms with E-state index in [1.54, 1.807) is 10.9 Å². The van der Waals surface area contributed by atoms with E-state index in [2.05, 4.69) is 15.5 Å². The Kier molecular flexibility index (Phi) is 5.50. The average Bonchev–Trinajstić information content (AvgIpc) is 2.89. The summed E-state index contributed by atoms with van der Waals surface area (Å²) in [6, 6.07) is 0.198. The van der Waals surface area contributed by atoms with Crippen LogP contribution in [0.1, 0.15) is 36.8 Å². The highest BCUT2D eigenvalue weighted by molar-refractivity contribution is 5.85. The summed E-state index contributed by atoms with van der Waals surface area (Å²) in [5.41, 5.74) is 0.731. The lowest BCUT2D eigenvalue weighted by atomic mass is 10.2. The minimum absolute atomic E-state index is 0. The van der Waals surface area contributed by atoms with E-state index in [9.17, 15) is 13.2 Å². The number of halogens is 4. The maximum atomic E-state index is 12.9. The molecule has 22 heavy (non-hydrogen) atoms. The Morgan fingerprint density at radius 1 is 1.23 bits per heavy atom. The fourth-order valence-electron chi connectivity index (χ4n) is 2.02. The number of nitrogens with zero attached hydrogens (tertiary/aromatic N) is 4. The highest BCUT2D eigenvalue weighted by Crippen LogP contribution is 2.31. The predicted octanol–water partition coefficient (Wildman–Crippen LogP) is 3.56. The van der Waals surface area contributed by atoms with Gasteiger partial charge in [-0.3, -0.25) is 9.36 Å². The molecule has 0 radical (unpaired) electrons. The van der Waals surface area contributed by atoms with Crippen LogP contribution in [0.4, 0.5) is 18.9 Å². The lowest BCUT2D eigenvalue weighted by Gasteiger charge is -2.07. The van der Waals surface area contributed by atoms with E-state index < -0.39 is 11.9 Å². The topological polar surface area (TPSA) is 47.7 Å². The monoisotopic (exact) mass is 337 g/mol. The molecule has 0 spiro atoms. The number of hydrogen-bond donors (Lipinski definition) is 1. The van der Waals surface area contributed by atoms with Crippen molar-refractivity contribution < 1.29 is 13.2 Å². The van der Waals surface area contributed by atoms with Crippen molar-refractivity contribution in [3.63, 3.8) is 0 Å². The van der Waals surface area contributed by atoms with Gasteiger partial charge in [0, 0.05) is 37.6 Å². The zero-order valence-corrected chi connectivity index (χ0v) is 13.6. The summed E-state index contributed by atoms with van der Waals surface area (Å²) < 4.78 is 41.5. The Labute approximate surface area is 132 Å². The van der Waals surface area contributed by atoms with Crippen LogP contribution in [0.5, 0.6) is 0 Å². The van der Waals surface area contributed by atoms with Crippen LogP contribution in [-0.2, 0) is 19.8 Å². The number of hydrogen-bond acceptors (Lipinski definition) is 3. The third-order valence-electron chi connectivity index (χ3n) is 3.09. The second-order valence-electron chi connectivity index (χ2n) is 5.23. The van der Waals surface area contributed by atoms with Gasteiger partial charge in [0.05, 0.1) is 11.4 Å². The molecule has 0 amide bonds. The molecule has 0 saturated heterocycles. The Morgan fingerprint density at radius 2 is 1.86 bits per heavy atom. The molecule has 0 saturated carbocycles. The van der Waals surface area contributed by atoms with Crippen molar-refractivity contribution in [2.24, 2.45) is 7.05 Å². The number of aromatic nitrogens is 4. The molecule has 0 aromatic carbocycles. The molecule has 0 aliphatic rings. The van der Waals surface area contributed by atoms with Gasteiger partial charge in [0.1, 0.15) is 0 Å². The number of rotatable bonds is 4. The first-order valence-electron chi connectivity index (χ1n) is 6.58. The van der Waals surface area contributed by atoms with Gasteiger partial charge in [0.25, 0.3) is 0 Å². The third-order valence-corrected chi connectivity index (χ3v) is 3.09. The second kappa shape index (κ2) is 6.60. The van der Waals surface area contributed by atoms with Gasteiger partial charge in [0.2, 0.25) is 0 Å². The molecule has 0 bridgehead atoms. The van der Waals surface area contributed by atoms with Crippen LogP contribution in [0.15, 0.2) is 12.4 Å². The first kappa shape index (κ1) is 18.3. The average molecular weight is 338 g/mol. The summed E-state index contributed by atoms with van der Waals surface area (Å²) in [5, 5.41) is 10.8. The molecule has 2 heterocycles. The highest BCUT2D eigenvalue weighted by atomic mass is 35.5. The smallest absolute Gasteiger partial charge is 0.378 e. The summed E-state index contributed by atoms with van der Waals surface area (Å²) >= 11 is 0. The van der Waals surface area contributed by atoms with Crippen molar-refractivity contribution in [3.8, 4) is 0 Å². The van der Waals surface area contributed by atoms with E-state index in [0.717, 1.165) is 11.4 Å². The molecule has 0 aliphatic heterocycles. The maximum Gasteiger partial charge on any atom is 0.435 e. The Hall–Kier alpha value is -1.70. The van der Waals surface area contributed by atoms with E-state index in [1.807, 2.05) is 20.8 Å². The molecular formula is C13H19ClF3N5. The fraction of sp³-hybridized carbons (Fsp3) is 0.538. The largest absolute Gasteiger partial charge is 0.435 e. The molecule has 2 aromatic rings. The number of alkyl halides is 3. The van der Waals surface area contributed by atoms with Crippen LogP contribution < -0.4 is 5.32 Å². The van der Waals surface area contributed by atoms with Crippen molar-refractivity contribution in [1.29, 1.82) is 0 Å². The summed E-state index contributed by atoms with van der Waals surface area (Å²) in [7, 11) is 1.47. The lowest BCUT2D eigenvalue weighted by molar-refractivity contribution is -0.142. The van der Waals surface area contributed by atoms with Crippen LogP contribution in [0.2, 0.25) is 0 Å². The van der Waals surface area contributed by atoms with E-state index >= 15 is 0 Å². The minimum Gasteiger partial charge on any atom is -0.378 e. The van der Waals surface area contributed by atoms with Gasteiger partial charge >= 0.3 is 6.18 Å². The molecule has 2 rings (SSSR count). The van der Waals surface area contributed by atoms with E-state index in [-0.39, 0.29) is 30.6 Å².